The molecule has 3 atom stereocenters. The summed E-state index contributed by atoms with van der Waals surface area (Å²) in [5.41, 5.74) is -0.709. The van der Waals surface area contributed by atoms with Crippen LogP contribution in [0.2, 0.25) is 0 Å². The summed E-state index contributed by atoms with van der Waals surface area (Å²) >= 11 is 0. The van der Waals surface area contributed by atoms with Crippen molar-refractivity contribution in [3.63, 3.8) is 0 Å². The maximum Gasteiger partial charge on any atom is 0.324 e. The van der Waals surface area contributed by atoms with E-state index in [1.807, 2.05) is 0 Å². The minimum absolute atomic E-state index is 0.0305. The molecule has 1 aliphatic rings. The van der Waals surface area contributed by atoms with Gasteiger partial charge in [0.15, 0.2) is 0 Å². The first-order valence-electron chi connectivity index (χ1n) is 6.53. The molecule has 20 heavy (non-hydrogen) atoms. The van der Waals surface area contributed by atoms with Crippen LogP contribution in [0.25, 0.3) is 0 Å². The lowest BCUT2D eigenvalue weighted by Gasteiger charge is -2.25. The maximum atomic E-state index is 12.1. The number of nitrogens with one attached hydrogen (secondary N) is 1. The second-order valence-electron chi connectivity index (χ2n) is 5.64. The first kappa shape index (κ1) is 16.4. The van der Waals surface area contributed by atoms with Crippen molar-refractivity contribution in [3.8, 4) is 0 Å². The fourth-order valence-electron chi connectivity index (χ4n) is 2.12. The van der Waals surface area contributed by atoms with Crippen molar-refractivity contribution in [1.29, 1.82) is 0 Å². The molecule has 0 radical (unpaired) electrons. The highest BCUT2D eigenvalue weighted by Crippen LogP contribution is 2.26. The minimum atomic E-state index is -1.14. The number of carbonyl (C=O) groups excluding carboxylic acids is 2. The fraction of sp³-hybridized carbons (Fsp3) is 0.769. The lowest BCUT2D eigenvalue weighted by molar-refractivity contribution is -0.165. The van der Waals surface area contributed by atoms with Crippen LogP contribution >= 0.6 is 0 Å². The molecule has 0 aliphatic carbocycles. The highest BCUT2D eigenvalue weighted by Gasteiger charge is 2.50. The van der Waals surface area contributed by atoms with Gasteiger partial charge in [0.05, 0.1) is 18.4 Å². The number of ether oxygens (including phenoxy) is 2. The van der Waals surface area contributed by atoms with E-state index >= 15 is 0 Å². The third-order valence-corrected chi connectivity index (χ3v) is 2.89. The second-order valence-corrected chi connectivity index (χ2v) is 5.64. The SMILES string of the molecule is CCOC(=O)C1C(C(=O)O)CNC1C(=O)OC(C)(C)C. The Morgan fingerprint density at radius 2 is 1.85 bits per heavy atom. The third-order valence-electron chi connectivity index (χ3n) is 2.89. The van der Waals surface area contributed by atoms with Crippen molar-refractivity contribution in [2.45, 2.75) is 39.3 Å². The number of carboxylic acids is 1. The Morgan fingerprint density at radius 3 is 2.30 bits per heavy atom. The van der Waals surface area contributed by atoms with E-state index < -0.39 is 41.4 Å². The topological polar surface area (TPSA) is 102 Å². The molecule has 0 amide bonds. The van der Waals surface area contributed by atoms with E-state index in [0.717, 1.165) is 0 Å². The molecule has 1 fully saturated rings. The van der Waals surface area contributed by atoms with Crippen molar-refractivity contribution >= 4 is 17.9 Å². The Hall–Kier alpha value is -1.63. The van der Waals surface area contributed by atoms with Crippen molar-refractivity contribution in [2.24, 2.45) is 11.8 Å². The molecule has 114 valence electrons. The number of carboxylic acid groups (broad SMARTS) is 1. The maximum absolute atomic E-state index is 12.1. The highest BCUT2D eigenvalue weighted by molar-refractivity contribution is 5.90. The molecular weight excluding hydrogens is 266 g/mol. The van der Waals surface area contributed by atoms with E-state index in [1.165, 1.54) is 0 Å². The Bertz CT molecular complexity index is 400. The molecule has 1 heterocycles. The molecule has 1 saturated heterocycles. The van der Waals surface area contributed by atoms with Gasteiger partial charge < -0.3 is 19.9 Å². The molecule has 1 rings (SSSR count). The summed E-state index contributed by atoms with van der Waals surface area (Å²) in [4.78, 5) is 35.1. The predicted molar refractivity (Wildman–Crippen MR) is 68.9 cm³/mol. The van der Waals surface area contributed by atoms with Gasteiger partial charge in [-0.15, -0.1) is 0 Å². The summed E-state index contributed by atoms with van der Waals surface area (Å²) in [5.74, 6) is -4.53. The summed E-state index contributed by atoms with van der Waals surface area (Å²) in [6, 6.07) is -0.991. The largest absolute Gasteiger partial charge is 0.481 e. The van der Waals surface area contributed by atoms with E-state index in [2.05, 4.69) is 5.32 Å². The standard InChI is InChI=1S/C13H21NO6/c1-5-19-11(17)8-7(10(15)16)6-14-9(8)12(18)20-13(2,3)4/h7-9,14H,5-6H2,1-4H3,(H,15,16). The molecule has 0 saturated carbocycles. The van der Waals surface area contributed by atoms with Crippen LogP contribution < -0.4 is 5.32 Å². The van der Waals surface area contributed by atoms with Gasteiger partial charge in [-0.1, -0.05) is 0 Å². The molecule has 1 aliphatic heterocycles. The second kappa shape index (κ2) is 6.21. The molecule has 0 bridgehead atoms. The number of carbonyl (C=O) groups is 3. The number of aliphatic carboxylic acids is 1. The van der Waals surface area contributed by atoms with Gasteiger partial charge in [-0.2, -0.15) is 0 Å². The summed E-state index contributed by atoms with van der Waals surface area (Å²) in [6.07, 6.45) is 0. The van der Waals surface area contributed by atoms with Gasteiger partial charge in [-0.3, -0.25) is 14.4 Å². The average Bonchev–Trinajstić information content (AvgIpc) is 2.71. The lowest BCUT2D eigenvalue weighted by atomic mass is 9.90. The van der Waals surface area contributed by atoms with Crippen LogP contribution in [0, 0.1) is 11.8 Å². The van der Waals surface area contributed by atoms with Gasteiger partial charge in [0.1, 0.15) is 11.6 Å². The van der Waals surface area contributed by atoms with Crippen molar-refractivity contribution < 1.29 is 29.0 Å². The van der Waals surface area contributed by atoms with E-state index in [0.29, 0.717) is 0 Å². The van der Waals surface area contributed by atoms with E-state index in [-0.39, 0.29) is 13.2 Å². The van der Waals surface area contributed by atoms with Gasteiger partial charge in [0.2, 0.25) is 0 Å². The zero-order valence-electron chi connectivity index (χ0n) is 12.1. The van der Waals surface area contributed by atoms with Gasteiger partial charge in [0, 0.05) is 6.54 Å². The van der Waals surface area contributed by atoms with Crippen molar-refractivity contribution in [3.05, 3.63) is 0 Å². The van der Waals surface area contributed by atoms with Crippen LogP contribution in [0.15, 0.2) is 0 Å². The fourth-order valence-corrected chi connectivity index (χ4v) is 2.12. The first-order valence-corrected chi connectivity index (χ1v) is 6.53. The molecular formula is C13H21NO6. The zero-order valence-corrected chi connectivity index (χ0v) is 12.1. The van der Waals surface area contributed by atoms with Crippen LogP contribution in [0.4, 0.5) is 0 Å². The van der Waals surface area contributed by atoms with E-state index in [4.69, 9.17) is 14.6 Å². The molecule has 7 nitrogen and oxygen atoms in total. The Balaban J connectivity index is 2.91. The number of rotatable bonds is 4. The molecule has 0 aromatic carbocycles. The van der Waals surface area contributed by atoms with Gasteiger partial charge in [-0.25, -0.2) is 0 Å². The number of esters is 2. The highest BCUT2D eigenvalue weighted by atomic mass is 16.6. The van der Waals surface area contributed by atoms with Crippen LogP contribution in [-0.2, 0) is 23.9 Å². The van der Waals surface area contributed by atoms with E-state index in [9.17, 15) is 14.4 Å². The first-order chi connectivity index (χ1) is 9.17. The normalized spacial score (nSPS) is 26.1. The number of hydrogen-bond acceptors (Lipinski definition) is 6. The number of hydrogen-bond donors (Lipinski definition) is 2. The summed E-state index contributed by atoms with van der Waals surface area (Å²) in [7, 11) is 0. The van der Waals surface area contributed by atoms with Crippen molar-refractivity contribution in [1.82, 2.24) is 5.32 Å². The minimum Gasteiger partial charge on any atom is -0.481 e. The monoisotopic (exact) mass is 287 g/mol. The molecule has 0 spiro atoms. The summed E-state index contributed by atoms with van der Waals surface area (Å²) in [5, 5.41) is 11.9. The third kappa shape index (κ3) is 3.93. The van der Waals surface area contributed by atoms with Crippen LogP contribution in [0.5, 0.6) is 0 Å². The van der Waals surface area contributed by atoms with Crippen LogP contribution in [-0.4, -0.2) is 47.8 Å². The molecule has 0 aromatic rings. The molecule has 0 aromatic heterocycles. The lowest BCUT2D eigenvalue weighted by Crippen LogP contribution is -2.44. The van der Waals surface area contributed by atoms with Crippen LogP contribution in [0.1, 0.15) is 27.7 Å². The zero-order chi connectivity index (χ0) is 15.5. The summed E-state index contributed by atoms with van der Waals surface area (Å²) < 4.78 is 10.1. The molecule has 7 heteroatoms. The Morgan fingerprint density at radius 1 is 1.25 bits per heavy atom. The molecule has 2 N–H and O–H groups in total. The Labute approximate surface area is 117 Å². The quantitative estimate of drug-likeness (QED) is 0.711. The summed E-state index contributed by atoms with van der Waals surface area (Å²) in [6.45, 7) is 6.89. The smallest absolute Gasteiger partial charge is 0.324 e. The van der Waals surface area contributed by atoms with Gasteiger partial charge in [-0.05, 0) is 27.7 Å². The van der Waals surface area contributed by atoms with Gasteiger partial charge >= 0.3 is 17.9 Å². The molecule has 3 unspecified atom stereocenters. The average molecular weight is 287 g/mol. The van der Waals surface area contributed by atoms with Gasteiger partial charge in [0.25, 0.3) is 0 Å². The van der Waals surface area contributed by atoms with E-state index in [1.54, 1.807) is 27.7 Å². The van der Waals surface area contributed by atoms with Crippen molar-refractivity contribution in [2.75, 3.05) is 13.2 Å². The van der Waals surface area contributed by atoms with Crippen LogP contribution in [0.3, 0.4) is 0 Å². The predicted octanol–water partition coefficient (Wildman–Crippen LogP) is 0.180. The Kier molecular flexibility index (Phi) is 5.10.